The van der Waals surface area contributed by atoms with Crippen LogP contribution in [-0.4, -0.2) is 47.9 Å². The number of carbonyl (C=O) groups is 3. The third kappa shape index (κ3) is 6.17. The summed E-state index contributed by atoms with van der Waals surface area (Å²) >= 11 is 6.06. The summed E-state index contributed by atoms with van der Waals surface area (Å²) in [7, 11) is 1.73. The van der Waals surface area contributed by atoms with E-state index >= 15 is 0 Å². The Bertz CT molecular complexity index is 1320. The van der Waals surface area contributed by atoms with Crippen LogP contribution in [0.2, 0.25) is 5.02 Å². The predicted octanol–water partition coefficient (Wildman–Crippen LogP) is 5.66. The second-order valence-electron chi connectivity index (χ2n) is 10.5. The molecule has 38 heavy (non-hydrogen) atoms. The van der Waals surface area contributed by atoms with Crippen LogP contribution >= 0.6 is 11.6 Å². The molecule has 3 aromatic rings. The van der Waals surface area contributed by atoms with Crippen molar-refractivity contribution in [1.29, 1.82) is 0 Å². The first kappa shape index (κ1) is 27.2. The fourth-order valence-corrected chi connectivity index (χ4v) is 4.78. The van der Waals surface area contributed by atoms with E-state index in [1.165, 1.54) is 4.90 Å². The highest BCUT2D eigenvalue weighted by molar-refractivity contribution is 6.30. The zero-order valence-electron chi connectivity index (χ0n) is 22.1. The van der Waals surface area contributed by atoms with Gasteiger partial charge in [0, 0.05) is 34.9 Å². The molecule has 0 aliphatic carbocycles. The number of carbonyl (C=O) groups excluding carboxylic acids is 3. The minimum Gasteiger partial charge on any atom is -0.339 e. The Hall–Kier alpha value is -3.84. The highest BCUT2D eigenvalue weighted by atomic mass is 35.5. The van der Waals surface area contributed by atoms with Gasteiger partial charge in [0.05, 0.1) is 0 Å². The lowest BCUT2D eigenvalue weighted by molar-refractivity contribution is -0.134. The molecule has 0 saturated carbocycles. The van der Waals surface area contributed by atoms with Crippen LogP contribution in [0.15, 0.2) is 78.9 Å². The SMILES string of the molecule is CN(C(=O)CN1C(=O)[C@H](NC(=O)Nc2cccc(Cl)c2)C[C@H](c2ccccc2)c2ccccc21)C(C)(C)C. The van der Waals surface area contributed by atoms with Crippen LogP contribution in [0.25, 0.3) is 0 Å². The zero-order chi connectivity index (χ0) is 27.4. The van der Waals surface area contributed by atoms with Gasteiger partial charge in [-0.2, -0.15) is 0 Å². The third-order valence-electron chi connectivity index (χ3n) is 6.90. The number of amides is 4. The second kappa shape index (κ2) is 11.3. The number of likely N-dealkylation sites (N-methyl/N-ethyl adjacent to an activating group) is 1. The molecule has 0 fully saturated rings. The van der Waals surface area contributed by atoms with Crippen LogP contribution in [0.4, 0.5) is 16.2 Å². The molecule has 2 N–H and O–H groups in total. The maximum absolute atomic E-state index is 14.0. The van der Waals surface area contributed by atoms with E-state index in [0.29, 0.717) is 22.8 Å². The number of urea groups is 1. The van der Waals surface area contributed by atoms with Gasteiger partial charge >= 0.3 is 6.03 Å². The molecular formula is C30H33ClN4O3. The number of fused-ring (bicyclic) bond motifs is 1. The van der Waals surface area contributed by atoms with Gasteiger partial charge in [0.1, 0.15) is 12.6 Å². The summed E-state index contributed by atoms with van der Waals surface area (Å²) in [6, 6.07) is 22.9. The maximum Gasteiger partial charge on any atom is 0.319 e. The Labute approximate surface area is 228 Å². The molecule has 0 radical (unpaired) electrons. The number of nitrogens with one attached hydrogen (secondary N) is 2. The predicted molar refractivity (Wildman–Crippen MR) is 152 cm³/mol. The zero-order valence-corrected chi connectivity index (χ0v) is 22.8. The topological polar surface area (TPSA) is 81.8 Å². The van der Waals surface area contributed by atoms with Crippen LogP contribution < -0.4 is 15.5 Å². The molecule has 3 aromatic carbocycles. The quantitative estimate of drug-likeness (QED) is 0.445. The normalized spacial score (nSPS) is 17.3. The Morgan fingerprint density at radius 2 is 1.68 bits per heavy atom. The molecule has 0 unspecified atom stereocenters. The molecule has 0 saturated heterocycles. The van der Waals surface area contributed by atoms with Gasteiger partial charge in [-0.1, -0.05) is 66.2 Å². The number of rotatable bonds is 5. The average Bonchev–Trinajstić information content (AvgIpc) is 2.99. The molecule has 1 heterocycles. The number of anilines is 2. The molecule has 0 bridgehead atoms. The number of hydrogen-bond donors (Lipinski definition) is 2. The number of benzene rings is 3. The molecule has 0 aromatic heterocycles. The first-order valence-corrected chi connectivity index (χ1v) is 13.0. The van der Waals surface area contributed by atoms with Gasteiger partial charge in [0.2, 0.25) is 11.8 Å². The Morgan fingerprint density at radius 1 is 1.00 bits per heavy atom. The lowest BCUT2D eigenvalue weighted by atomic mass is 9.86. The van der Waals surface area contributed by atoms with E-state index in [0.717, 1.165) is 11.1 Å². The van der Waals surface area contributed by atoms with Gasteiger partial charge in [0.25, 0.3) is 0 Å². The highest BCUT2D eigenvalue weighted by Gasteiger charge is 2.38. The van der Waals surface area contributed by atoms with Crippen LogP contribution in [0.3, 0.4) is 0 Å². The molecule has 2 atom stereocenters. The van der Waals surface area contributed by atoms with Crippen molar-refractivity contribution in [3.8, 4) is 0 Å². The highest BCUT2D eigenvalue weighted by Crippen LogP contribution is 2.39. The number of para-hydroxylation sites is 1. The van der Waals surface area contributed by atoms with Crippen molar-refractivity contribution in [3.05, 3.63) is 95.0 Å². The minimum absolute atomic E-state index is 0.140. The van der Waals surface area contributed by atoms with Crippen molar-refractivity contribution in [2.45, 2.75) is 44.7 Å². The standard InChI is InChI=1S/C30H33ClN4O3/c1-30(2,3)34(4)27(36)19-35-26-16-9-8-15-23(26)24(20-11-6-5-7-12-20)18-25(28(35)37)33-29(38)32-22-14-10-13-21(31)17-22/h5-17,24-25H,18-19H2,1-4H3,(H2,32,33,38)/t24-,25-/m1/s1. The summed E-state index contributed by atoms with van der Waals surface area (Å²) in [5.41, 5.74) is 2.72. The molecule has 4 amide bonds. The van der Waals surface area contributed by atoms with Crippen molar-refractivity contribution in [3.63, 3.8) is 0 Å². The van der Waals surface area contributed by atoms with Gasteiger partial charge in [0.15, 0.2) is 0 Å². The summed E-state index contributed by atoms with van der Waals surface area (Å²) in [4.78, 5) is 43.5. The lowest BCUT2D eigenvalue weighted by Crippen LogP contribution is -2.53. The number of halogens is 1. The largest absolute Gasteiger partial charge is 0.339 e. The van der Waals surface area contributed by atoms with E-state index in [2.05, 4.69) is 10.6 Å². The Morgan fingerprint density at radius 3 is 2.37 bits per heavy atom. The number of nitrogens with zero attached hydrogens (tertiary/aromatic N) is 2. The van der Waals surface area contributed by atoms with Crippen molar-refractivity contribution in [1.82, 2.24) is 10.2 Å². The molecule has 0 spiro atoms. The lowest BCUT2D eigenvalue weighted by Gasteiger charge is -2.34. The van der Waals surface area contributed by atoms with E-state index in [4.69, 9.17) is 11.6 Å². The van der Waals surface area contributed by atoms with Gasteiger partial charge in [-0.05, 0) is 62.6 Å². The van der Waals surface area contributed by atoms with Gasteiger partial charge < -0.3 is 20.4 Å². The Kier molecular flexibility index (Phi) is 8.07. The molecule has 4 rings (SSSR count). The summed E-state index contributed by atoms with van der Waals surface area (Å²) in [6.07, 6.45) is 0.336. The van der Waals surface area contributed by atoms with E-state index in [1.54, 1.807) is 36.2 Å². The van der Waals surface area contributed by atoms with E-state index in [1.807, 2.05) is 75.4 Å². The summed E-state index contributed by atoms with van der Waals surface area (Å²) in [5, 5.41) is 6.11. The van der Waals surface area contributed by atoms with Gasteiger partial charge in [-0.15, -0.1) is 0 Å². The van der Waals surface area contributed by atoms with E-state index < -0.39 is 17.6 Å². The molecule has 198 valence electrons. The second-order valence-corrected chi connectivity index (χ2v) is 10.9. The van der Waals surface area contributed by atoms with Crippen molar-refractivity contribution in [2.75, 3.05) is 23.8 Å². The smallest absolute Gasteiger partial charge is 0.319 e. The Balaban J connectivity index is 1.71. The minimum atomic E-state index is -0.875. The van der Waals surface area contributed by atoms with Crippen molar-refractivity contribution < 1.29 is 14.4 Å². The number of hydrogen-bond acceptors (Lipinski definition) is 3. The fourth-order valence-electron chi connectivity index (χ4n) is 4.59. The van der Waals surface area contributed by atoms with Gasteiger partial charge in [-0.25, -0.2) is 4.79 Å². The summed E-state index contributed by atoms with van der Waals surface area (Å²) in [5.74, 6) is -0.706. The fraction of sp³-hybridized carbons (Fsp3) is 0.300. The molecule has 1 aliphatic rings. The van der Waals surface area contributed by atoms with Crippen LogP contribution in [0, 0.1) is 0 Å². The van der Waals surface area contributed by atoms with Crippen LogP contribution in [0.1, 0.15) is 44.2 Å². The molecular weight excluding hydrogens is 500 g/mol. The summed E-state index contributed by atoms with van der Waals surface area (Å²) in [6.45, 7) is 5.69. The van der Waals surface area contributed by atoms with Crippen molar-refractivity contribution >= 4 is 40.8 Å². The van der Waals surface area contributed by atoms with Crippen LogP contribution in [0.5, 0.6) is 0 Å². The molecule has 8 heteroatoms. The molecule has 7 nitrogen and oxygen atoms in total. The first-order valence-electron chi connectivity index (χ1n) is 12.6. The monoisotopic (exact) mass is 532 g/mol. The average molecular weight is 533 g/mol. The van der Waals surface area contributed by atoms with Crippen molar-refractivity contribution in [2.24, 2.45) is 0 Å². The van der Waals surface area contributed by atoms with E-state index in [-0.39, 0.29) is 24.3 Å². The van der Waals surface area contributed by atoms with Crippen LogP contribution in [-0.2, 0) is 9.59 Å². The summed E-state index contributed by atoms with van der Waals surface area (Å²) < 4.78 is 0. The van der Waals surface area contributed by atoms with E-state index in [9.17, 15) is 14.4 Å². The maximum atomic E-state index is 14.0. The van der Waals surface area contributed by atoms with Gasteiger partial charge in [-0.3, -0.25) is 9.59 Å². The third-order valence-corrected chi connectivity index (χ3v) is 7.14. The first-order chi connectivity index (χ1) is 18.0. The molecule has 1 aliphatic heterocycles.